The van der Waals surface area contributed by atoms with Crippen molar-refractivity contribution >= 4 is 6.03 Å². The molecule has 1 aliphatic heterocycles. The molecule has 0 aliphatic carbocycles. The minimum Gasteiger partial charge on any atom is -0.497 e. The normalized spacial score (nSPS) is 14.9. The zero-order valence-corrected chi connectivity index (χ0v) is 15.5. The van der Waals surface area contributed by atoms with Gasteiger partial charge in [0, 0.05) is 19.6 Å². The van der Waals surface area contributed by atoms with Gasteiger partial charge >= 0.3 is 6.03 Å². The highest BCUT2D eigenvalue weighted by Gasteiger charge is 2.22. The zero-order valence-electron chi connectivity index (χ0n) is 15.5. The molecule has 0 spiro atoms. The summed E-state index contributed by atoms with van der Waals surface area (Å²) in [6.07, 6.45) is 4.12. The van der Waals surface area contributed by atoms with Crippen molar-refractivity contribution in [3.05, 3.63) is 65.7 Å². The van der Waals surface area contributed by atoms with Crippen LogP contribution in [0, 0.1) is 5.92 Å². The fraction of sp³-hybridized carbons (Fsp3) is 0.409. The first-order valence-electron chi connectivity index (χ1n) is 9.44. The summed E-state index contributed by atoms with van der Waals surface area (Å²) in [6.45, 7) is 2.37. The molecule has 0 aromatic heterocycles. The second-order valence-corrected chi connectivity index (χ2v) is 6.95. The minimum absolute atomic E-state index is 0.0664. The second-order valence-electron chi connectivity index (χ2n) is 6.95. The molecule has 0 atom stereocenters. The van der Waals surface area contributed by atoms with Crippen molar-refractivity contribution in [1.29, 1.82) is 0 Å². The number of amides is 2. The Morgan fingerprint density at radius 2 is 1.73 bits per heavy atom. The molecule has 2 amide bonds. The number of methoxy groups -OCH3 is 1. The fourth-order valence-electron chi connectivity index (χ4n) is 3.51. The molecule has 26 heavy (non-hydrogen) atoms. The maximum Gasteiger partial charge on any atom is 0.317 e. The molecule has 0 bridgehead atoms. The van der Waals surface area contributed by atoms with Crippen molar-refractivity contribution in [1.82, 2.24) is 10.2 Å². The van der Waals surface area contributed by atoms with E-state index < -0.39 is 0 Å². The maximum atomic E-state index is 12.3. The first-order valence-corrected chi connectivity index (χ1v) is 9.44. The summed E-state index contributed by atoms with van der Waals surface area (Å²) in [5, 5.41) is 3.05. The van der Waals surface area contributed by atoms with Crippen LogP contribution in [0.1, 0.15) is 24.0 Å². The van der Waals surface area contributed by atoms with E-state index in [2.05, 4.69) is 35.6 Å². The largest absolute Gasteiger partial charge is 0.497 e. The first-order chi connectivity index (χ1) is 12.7. The molecule has 4 nitrogen and oxygen atoms in total. The summed E-state index contributed by atoms with van der Waals surface area (Å²) in [5.74, 6) is 1.54. The van der Waals surface area contributed by atoms with Gasteiger partial charge in [-0.1, -0.05) is 42.5 Å². The minimum atomic E-state index is 0.0664. The lowest BCUT2D eigenvalue weighted by molar-refractivity contribution is 0.170. The number of piperidine rings is 1. The molecule has 3 rings (SSSR count). The molecule has 4 heteroatoms. The SMILES string of the molecule is COc1ccc(CCNC(=O)N2CCC(Cc3ccccc3)CC2)cc1. The van der Waals surface area contributed by atoms with Gasteiger partial charge in [0.15, 0.2) is 0 Å². The molecule has 1 fully saturated rings. The number of likely N-dealkylation sites (tertiary alicyclic amines) is 1. The van der Waals surface area contributed by atoms with Crippen LogP contribution in [0.3, 0.4) is 0 Å². The third kappa shape index (κ3) is 5.25. The lowest BCUT2D eigenvalue weighted by Gasteiger charge is -2.32. The van der Waals surface area contributed by atoms with Crippen molar-refractivity contribution in [2.45, 2.75) is 25.7 Å². The average molecular weight is 352 g/mol. The van der Waals surface area contributed by atoms with Crippen molar-refractivity contribution < 1.29 is 9.53 Å². The number of hydrogen-bond donors (Lipinski definition) is 1. The topological polar surface area (TPSA) is 41.6 Å². The van der Waals surface area contributed by atoms with Crippen LogP contribution in [0.15, 0.2) is 54.6 Å². The molecule has 0 saturated carbocycles. The molecule has 1 N–H and O–H groups in total. The summed E-state index contributed by atoms with van der Waals surface area (Å²) in [6, 6.07) is 18.7. The second kappa shape index (κ2) is 9.27. The van der Waals surface area contributed by atoms with E-state index in [0.717, 1.165) is 44.5 Å². The van der Waals surface area contributed by atoms with Crippen LogP contribution in [0.25, 0.3) is 0 Å². The molecule has 2 aromatic rings. The number of ether oxygens (including phenoxy) is 1. The number of nitrogens with zero attached hydrogens (tertiary/aromatic N) is 1. The van der Waals surface area contributed by atoms with Crippen molar-refractivity contribution in [3.8, 4) is 5.75 Å². The molecule has 0 radical (unpaired) electrons. The van der Waals surface area contributed by atoms with Gasteiger partial charge in [-0.25, -0.2) is 4.79 Å². The molecule has 1 aliphatic rings. The smallest absolute Gasteiger partial charge is 0.317 e. The lowest BCUT2D eigenvalue weighted by Crippen LogP contribution is -2.45. The highest BCUT2D eigenvalue weighted by Crippen LogP contribution is 2.21. The highest BCUT2D eigenvalue weighted by atomic mass is 16.5. The standard InChI is InChI=1S/C22H28N2O2/c1-26-21-9-7-18(8-10-21)11-14-23-22(25)24-15-12-20(13-16-24)17-19-5-3-2-4-6-19/h2-10,20H,11-17H2,1H3,(H,23,25). The van der Waals surface area contributed by atoms with E-state index in [1.807, 2.05) is 29.2 Å². The Morgan fingerprint density at radius 3 is 2.38 bits per heavy atom. The molecule has 138 valence electrons. The van der Waals surface area contributed by atoms with Gasteiger partial charge in [-0.05, 0) is 54.9 Å². The molecule has 1 saturated heterocycles. The number of rotatable bonds is 6. The molecule has 2 aromatic carbocycles. The van der Waals surface area contributed by atoms with Gasteiger partial charge in [0.25, 0.3) is 0 Å². The van der Waals surface area contributed by atoms with Gasteiger partial charge in [-0.2, -0.15) is 0 Å². The Morgan fingerprint density at radius 1 is 1.04 bits per heavy atom. The van der Waals surface area contributed by atoms with Gasteiger partial charge in [0.2, 0.25) is 0 Å². The summed E-state index contributed by atoms with van der Waals surface area (Å²) in [4.78, 5) is 14.3. The molecule has 1 heterocycles. The van der Waals surface area contributed by atoms with Crippen LogP contribution >= 0.6 is 0 Å². The Bertz CT molecular complexity index is 677. The summed E-state index contributed by atoms with van der Waals surface area (Å²) >= 11 is 0. The van der Waals surface area contributed by atoms with Gasteiger partial charge < -0.3 is 15.0 Å². The van der Waals surface area contributed by atoms with Gasteiger partial charge in [-0.3, -0.25) is 0 Å². The van der Waals surface area contributed by atoms with E-state index in [1.165, 1.54) is 11.1 Å². The van der Waals surface area contributed by atoms with Crippen LogP contribution in [0.4, 0.5) is 4.79 Å². The summed E-state index contributed by atoms with van der Waals surface area (Å²) in [7, 11) is 1.66. The Labute approximate surface area is 156 Å². The van der Waals surface area contributed by atoms with E-state index in [4.69, 9.17) is 4.74 Å². The maximum absolute atomic E-state index is 12.3. The number of carbonyl (C=O) groups excluding carboxylic acids is 1. The van der Waals surface area contributed by atoms with E-state index in [1.54, 1.807) is 7.11 Å². The van der Waals surface area contributed by atoms with E-state index in [0.29, 0.717) is 12.5 Å². The van der Waals surface area contributed by atoms with Crippen molar-refractivity contribution in [3.63, 3.8) is 0 Å². The monoisotopic (exact) mass is 352 g/mol. The Hall–Kier alpha value is -2.49. The van der Waals surface area contributed by atoms with Gasteiger partial charge in [0.05, 0.1) is 7.11 Å². The Kier molecular flexibility index (Phi) is 6.53. The van der Waals surface area contributed by atoms with Crippen molar-refractivity contribution in [2.75, 3.05) is 26.7 Å². The quantitative estimate of drug-likeness (QED) is 0.857. The average Bonchev–Trinajstić information content (AvgIpc) is 2.70. The lowest BCUT2D eigenvalue weighted by atomic mass is 9.90. The number of urea groups is 1. The molecular weight excluding hydrogens is 324 g/mol. The van der Waals surface area contributed by atoms with Gasteiger partial charge in [0.1, 0.15) is 5.75 Å². The molecular formula is C22H28N2O2. The van der Waals surface area contributed by atoms with Crippen molar-refractivity contribution in [2.24, 2.45) is 5.92 Å². The van der Waals surface area contributed by atoms with Crippen LogP contribution < -0.4 is 10.1 Å². The van der Waals surface area contributed by atoms with Crippen LogP contribution in [0.2, 0.25) is 0 Å². The fourth-order valence-corrected chi connectivity index (χ4v) is 3.51. The van der Waals surface area contributed by atoms with E-state index in [-0.39, 0.29) is 6.03 Å². The number of hydrogen-bond acceptors (Lipinski definition) is 2. The van der Waals surface area contributed by atoms with Crippen LogP contribution in [-0.2, 0) is 12.8 Å². The molecule has 0 unspecified atom stereocenters. The first kappa shape index (κ1) is 18.3. The zero-order chi connectivity index (χ0) is 18.2. The number of nitrogens with one attached hydrogen (secondary N) is 1. The third-order valence-corrected chi connectivity index (χ3v) is 5.12. The predicted molar refractivity (Wildman–Crippen MR) is 105 cm³/mol. The summed E-state index contributed by atoms with van der Waals surface area (Å²) < 4.78 is 5.16. The van der Waals surface area contributed by atoms with Crippen LogP contribution in [-0.4, -0.2) is 37.7 Å². The highest BCUT2D eigenvalue weighted by molar-refractivity contribution is 5.74. The summed E-state index contributed by atoms with van der Waals surface area (Å²) in [5.41, 5.74) is 2.60. The van der Waals surface area contributed by atoms with Crippen LogP contribution in [0.5, 0.6) is 5.75 Å². The number of benzene rings is 2. The number of carbonyl (C=O) groups is 1. The van der Waals surface area contributed by atoms with E-state index >= 15 is 0 Å². The third-order valence-electron chi connectivity index (χ3n) is 5.12. The van der Waals surface area contributed by atoms with Gasteiger partial charge in [-0.15, -0.1) is 0 Å². The Balaban J connectivity index is 1.36. The van der Waals surface area contributed by atoms with E-state index in [9.17, 15) is 4.79 Å². The predicted octanol–water partition coefficient (Wildman–Crippen LogP) is 3.90.